The fourth-order valence-corrected chi connectivity index (χ4v) is 5.08. The lowest BCUT2D eigenvalue weighted by Gasteiger charge is -2.27. The number of rotatable bonds is 24. The molecule has 1 saturated carbocycles. The smallest absolute Gasteiger partial charge is 0.331 e. The molecule has 3 atom stereocenters. The zero-order chi connectivity index (χ0) is 43.3. The third-order valence-corrected chi connectivity index (χ3v) is 8.55. The molecule has 0 aromatic heterocycles. The van der Waals surface area contributed by atoms with E-state index in [1.807, 2.05) is 27.7 Å². The predicted octanol–water partition coefficient (Wildman–Crippen LogP) is 9.01. The number of unbranched alkanes of at least 4 members (excludes halogenated alkanes) is 4. The number of esters is 4. The Hall–Kier alpha value is -3.70. The van der Waals surface area contributed by atoms with Crippen LogP contribution in [0.4, 0.5) is 0 Å². The van der Waals surface area contributed by atoms with Crippen molar-refractivity contribution in [1.82, 2.24) is 0 Å². The van der Waals surface area contributed by atoms with Gasteiger partial charge in [0.05, 0.1) is 32.3 Å². The highest BCUT2D eigenvalue weighted by molar-refractivity contribution is 5.98. The summed E-state index contributed by atoms with van der Waals surface area (Å²) in [4.78, 5) is 88.4. The second-order valence-corrected chi connectivity index (χ2v) is 14.5. The maximum atomic E-state index is 11.8. The minimum Gasteiger partial charge on any atom is -0.466 e. The van der Waals surface area contributed by atoms with E-state index in [-0.39, 0.29) is 58.8 Å². The molecule has 1 aliphatic rings. The molecule has 1 fully saturated rings. The normalized spacial score (nSPS) is 15.1. The van der Waals surface area contributed by atoms with Gasteiger partial charge in [-0.05, 0) is 91.1 Å². The van der Waals surface area contributed by atoms with Crippen molar-refractivity contribution in [3.8, 4) is 0 Å². The molecule has 0 bridgehead atoms. The van der Waals surface area contributed by atoms with Gasteiger partial charge in [0.15, 0.2) is 5.78 Å². The Kier molecular flexibility index (Phi) is 38.6. The number of ketones is 4. The molecule has 0 aromatic carbocycles. The first kappa shape index (κ1) is 56.6. The molecule has 0 heterocycles. The summed E-state index contributed by atoms with van der Waals surface area (Å²) in [7, 11) is 0. The first-order valence-corrected chi connectivity index (χ1v) is 20.8. The highest BCUT2D eigenvalue weighted by atomic mass is 16.5. The third-order valence-electron chi connectivity index (χ3n) is 8.55. The van der Waals surface area contributed by atoms with E-state index in [0.29, 0.717) is 64.1 Å². The second-order valence-electron chi connectivity index (χ2n) is 14.5. The number of ether oxygens (including phenoxy) is 4. The summed E-state index contributed by atoms with van der Waals surface area (Å²) < 4.78 is 19.9. The van der Waals surface area contributed by atoms with Crippen LogP contribution in [-0.2, 0) is 57.3 Å². The van der Waals surface area contributed by atoms with Crippen LogP contribution in [0.25, 0.3) is 0 Å². The van der Waals surface area contributed by atoms with Gasteiger partial charge in [-0.1, -0.05) is 73.1 Å². The Morgan fingerprint density at radius 3 is 1.46 bits per heavy atom. The second kappa shape index (κ2) is 38.2. The minimum atomic E-state index is -0.429. The van der Waals surface area contributed by atoms with Gasteiger partial charge < -0.3 is 28.5 Å². The van der Waals surface area contributed by atoms with Gasteiger partial charge in [0.25, 0.3) is 0 Å². The van der Waals surface area contributed by atoms with Crippen LogP contribution in [0.15, 0.2) is 11.6 Å². The van der Waals surface area contributed by atoms with Gasteiger partial charge in [-0.25, -0.2) is 4.79 Å². The topological polar surface area (TPSA) is 173 Å². The molecule has 12 heteroatoms. The third kappa shape index (κ3) is 37.2. The van der Waals surface area contributed by atoms with Crippen molar-refractivity contribution in [2.45, 2.75) is 178 Å². The first-order valence-electron chi connectivity index (χ1n) is 20.8. The summed E-state index contributed by atoms with van der Waals surface area (Å²) in [6.07, 6.45) is 14.9. The van der Waals surface area contributed by atoms with E-state index >= 15 is 0 Å². The quantitative estimate of drug-likeness (QED) is 0.0393. The van der Waals surface area contributed by atoms with Crippen LogP contribution in [0.2, 0.25) is 0 Å². The summed E-state index contributed by atoms with van der Waals surface area (Å²) in [5.74, 6) is -0.853. The van der Waals surface area contributed by atoms with Crippen LogP contribution in [0.5, 0.6) is 0 Å². The Balaban J connectivity index is -0.000000672. The molecule has 0 N–H and O–H groups in total. The molecule has 12 nitrogen and oxygen atoms in total. The number of allylic oxidation sites excluding steroid dienone is 1. The fraction of sp³-hybridized carbons (Fsp3) is 0.773. The van der Waals surface area contributed by atoms with E-state index < -0.39 is 5.97 Å². The van der Waals surface area contributed by atoms with Crippen LogP contribution in [0.1, 0.15) is 178 Å². The Labute approximate surface area is 338 Å². The van der Waals surface area contributed by atoms with E-state index in [9.17, 15) is 38.4 Å². The SMILES string of the molecule is CCCCOC(=O)/C=C(/C)C(C)=O.CCCCOC(=O)C1CCCCC1C(C)=O.CCCCOC(=O)CC(C)CC(C)=O.CCCCOC(=O)CCCC(C)=O. The van der Waals surface area contributed by atoms with Crippen molar-refractivity contribution in [3.63, 3.8) is 0 Å². The maximum Gasteiger partial charge on any atom is 0.331 e. The van der Waals surface area contributed by atoms with Gasteiger partial charge >= 0.3 is 23.9 Å². The molecule has 0 aliphatic heterocycles. The first-order chi connectivity index (χ1) is 26.5. The van der Waals surface area contributed by atoms with Crippen LogP contribution >= 0.6 is 0 Å². The summed E-state index contributed by atoms with van der Waals surface area (Å²) in [5, 5.41) is 0. The van der Waals surface area contributed by atoms with E-state index in [0.717, 1.165) is 77.0 Å². The van der Waals surface area contributed by atoms with Crippen molar-refractivity contribution < 1.29 is 57.3 Å². The Morgan fingerprint density at radius 2 is 1.02 bits per heavy atom. The highest BCUT2D eigenvalue weighted by Gasteiger charge is 2.34. The molecule has 1 aliphatic carbocycles. The lowest BCUT2D eigenvalue weighted by molar-refractivity contribution is -0.154. The van der Waals surface area contributed by atoms with Gasteiger partial charge in [-0.2, -0.15) is 0 Å². The molecule has 0 aromatic rings. The predicted molar refractivity (Wildman–Crippen MR) is 218 cm³/mol. The molecule has 1 rings (SSSR count). The number of Topliss-reactive ketones (excluding diaryl/α,β-unsaturated/α-hetero) is 4. The van der Waals surface area contributed by atoms with Crippen molar-refractivity contribution in [1.29, 1.82) is 0 Å². The van der Waals surface area contributed by atoms with Gasteiger partial charge in [0.1, 0.15) is 17.3 Å². The largest absolute Gasteiger partial charge is 0.466 e. The van der Waals surface area contributed by atoms with Gasteiger partial charge in [0.2, 0.25) is 0 Å². The van der Waals surface area contributed by atoms with Crippen LogP contribution in [-0.4, -0.2) is 73.4 Å². The van der Waals surface area contributed by atoms with Gasteiger partial charge in [-0.15, -0.1) is 0 Å². The zero-order valence-electron chi connectivity index (χ0n) is 36.6. The summed E-state index contributed by atoms with van der Waals surface area (Å²) in [6.45, 7) is 19.7. The number of carbonyl (C=O) groups is 8. The van der Waals surface area contributed by atoms with Gasteiger partial charge in [-0.3, -0.25) is 24.0 Å². The Bertz CT molecular complexity index is 1170. The minimum absolute atomic E-state index is 0.0946. The molecule has 0 spiro atoms. The summed E-state index contributed by atoms with van der Waals surface area (Å²) in [6, 6.07) is 0. The van der Waals surface area contributed by atoms with E-state index in [2.05, 4.69) is 6.92 Å². The standard InChI is InChI=1S/C13H22O3.C11H20O3.C10H16O3.C10H18O3/c1-3-4-9-16-13(15)12-8-6-5-7-11(12)10(2)14;1-4-5-6-14-11(13)8-9(2)7-10(3)12;1-4-5-6-13-10(12)7-8(2)9(3)11;1-3-4-8-13-10(12)7-5-6-9(2)11/h11-12H,3-9H2,1-2H3;9H,4-8H2,1-3H3;7H,4-6H2,1-3H3;3-8H2,1-2H3/b;;8-7-;. The number of hydrogen-bond donors (Lipinski definition) is 0. The fourth-order valence-electron chi connectivity index (χ4n) is 5.08. The van der Waals surface area contributed by atoms with E-state index in [1.54, 1.807) is 20.8 Å². The van der Waals surface area contributed by atoms with Crippen molar-refractivity contribution in [2.24, 2.45) is 17.8 Å². The highest BCUT2D eigenvalue weighted by Crippen LogP contribution is 2.31. The summed E-state index contributed by atoms with van der Waals surface area (Å²) in [5.41, 5.74) is 0.432. The zero-order valence-corrected chi connectivity index (χ0v) is 36.6. The van der Waals surface area contributed by atoms with Crippen LogP contribution < -0.4 is 0 Å². The van der Waals surface area contributed by atoms with Crippen LogP contribution in [0, 0.1) is 17.8 Å². The monoisotopic (exact) mass is 797 g/mol. The van der Waals surface area contributed by atoms with Crippen molar-refractivity contribution in [3.05, 3.63) is 11.6 Å². The molecular formula is C44H76O12. The van der Waals surface area contributed by atoms with Gasteiger partial charge in [0, 0.05) is 37.7 Å². The van der Waals surface area contributed by atoms with E-state index in [4.69, 9.17) is 18.9 Å². The number of carbonyl (C=O) groups excluding carboxylic acids is 8. The molecule has 324 valence electrons. The maximum absolute atomic E-state index is 11.8. The molecule has 3 unspecified atom stereocenters. The Morgan fingerprint density at radius 1 is 0.554 bits per heavy atom. The van der Waals surface area contributed by atoms with Crippen molar-refractivity contribution in [2.75, 3.05) is 26.4 Å². The lowest BCUT2D eigenvalue weighted by Crippen LogP contribution is -2.33. The summed E-state index contributed by atoms with van der Waals surface area (Å²) >= 11 is 0. The van der Waals surface area contributed by atoms with Crippen molar-refractivity contribution >= 4 is 47.0 Å². The van der Waals surface area contributed by atoms with Crippen LogP contribution in [0.3, 0.4) is 0 Å². The average Bonchev–Trinajstić information content (AvgIpc) is 3.12. The average molecular weight is 797 g/mol. The molecule has 56 heavy (non-hydrogen) atoms. The lowest BCUT2D eigenvalue weighted by atomic mass is 9.77. The molecule has 0 saturated heterocycles. The number of hydrogen-bond acceptors (Lipinski definition) is 12. The molecule has 0 amide bonds. The molecule has 0 radical (unpaired) electrons. The molecular weight excluding hydrogens is 720 g/mol. The van der Waals surface area contributed by atoms with E-state index in [1.165, 1.54) is 19.9 Å².